The van der Waals surface area contributed by atoms with Gasteiger partial charge in [0.05, 0.1) is 7.11 Å². The summed E-state index contributed by atoms with van der Waals surface area (Å²) in [5.74, 6) is 0.969. The number of piperidine rings is 1. The molecule has 1 fully saturated rings. The van der Waals surface area contributed by atoms with Crippen LogP contribution in [-0.2, 0) is 0 Å². The summed E-state index contributed by atoms with van der Waals surface area (Å²) in [7, 11) is 1.73. The van der Waals surface area contributed by atoms with Gasteiger partial charge in [-0.25, -0.2) is 0 Å². The van der Waals surface area contributed by atoms with E-state index in [2.05, 4.69) is 29.7 Å². The minimum atomic E-state index is 0.330. The maximum Gasteiger partial charge on any atom is 0.123 e. The van der Waals surface area contributed by atoms with Crippen molar-refractivity contribution < 1.29 is 4.74 Å². The van der Waals surface area contributed by atoms with Crippen LogP contribution in [0.1, 0.15) is 31.4 Å². The molecule has 3 heteroatoms. The molecule has 1 aromatic carbocycles. The van der Waals surface area contributed by atoms with Gasteiger partial charge in [0.25, 0.3) is 0 Å². The largest absolute Gasteiger partial charge is 0.496 e. The summed E-state index contributed by atoms with van der Waals surface area (Å²) in [5.41, 5.74) is 1.24. The minimum absolute atomic E-state index is 0.330. The number of hydrogen-bond acceptors (Lipinski definition) is 3. The summed E-state index contributed by atoms with van der Waals surface area (Å²) in [6.07, 6.45) is 2.52. The van der Waals surface area contributed by atoms with Crippen molar-refractivity contribution in [3.05, 3.63) is 29.8 Å². The Balaban J connectivity index is 2.00. The molecule has 17 heavy (non-hydrogen) atoms. The van der Waals surface area contributed by atoms with Crippen LogP contribution in [0.4, 0.5) is 0 Å². The van der Waals surface area contributed by atoms with Gasteiger partial charge in [-0.15, -0.1) is 0 Å². The highest BCUT2D eigenvalue weighted by Gasteiger charge is 2.17. The lowest BCUT2D eigenvalue weighted by Gasteiger charge is -2.28. The van der Waals surface area contributed by atoms with Gasteiger partial charge in [-0.05, 0) is 32.4 Å². The van der Waals surface area contributed by atoms with Crippen molar-refractivity contribution in [2.24, 2.45) is 0 Å². The van der Waals surface area contributed by atoms with Crippen molar-refractivity contribution in [1.82, 2.24) is 10.6 Å². The molecule has 1 aromatic rings. The van der Waals surface area contributed by atoms with Crippen LogP contribution in [0.15, 0.2) is 24.3 Å². The average molecular weight is 234 g/mol. The van der Waals surface area contributed by atoms with E-state index in [-0.39, 0.29) is 0 Å². The molecule has 0 aromatic heterocycles. The Labute approximate surface area is 104 Å². The summed E-state index contributed by atoms with van der Waals surface area (Å²) in [6.45, 7) is 4.42. The molecule has 0 saturated carbocycles. The second kappa shape index (κ2) is 6.03. The van der Waals surface area contributed by atoms with Crippen LogP contribution < -0.4 is 15.4 Å². The van der Waals surface area contributed by atoms with Gasteiger partial charge in [0.1, 0.15) is 5.75 Å². The Morgan fingerprint density at radius 3 is 2.94 bits per heavy atom. The van der Waals surface area contributed by atoms with Gasteiger partial charge >= 0.3 is 0 Å². The zero-order valence-electron chi connectivity index (χ0n) is 10.7. The maximum absolute atomic E-state index is 5.40. The van der Waals surface area contributed by atoms with E-state index >= 15 is 0 Å². The number of para-hydroxylation sites is 1. The fourth-order valence-corrected chi connectivity index (χ4v) is 2.46. The molecule has 0 aliphatic carbocycles. The van der Waals surface area contributed by atoms with Crippen LogP contribution in [-0.4, -0.2) is 26.2 Å². The van der Waals surface area contributed by atoms with Crippen LogP contribution in [0.2, 0.25) is 0 Å². The molecule has 2 rings (SSSR count). The molecule has 3 nitrogen and oxygen atoms in total. The first-order valence-electron chi connectivity index (χ1n) is 6.41. The van der Waals surface area contributed by atoms with E-state index in [1.165, 1.54) is 18.4 Å². The molecule has 0 spiro atoms. The zero-order valence-corrected chi connectivity index (χ0v) is 10.7. The lowest BCUT2D eigenvalue weighted by molar-refractivity contribution is 0.352. The van der Waals surface area contributed by atoms with Gasteiger partial charge in [0.2, 0.25) is 0 Å². The predicted molar refractivity (Wildman–Crippen MR) is 70.4 cm³/mol. The zero-order chi connectivity index (χ0) is 12.1. The van der Waals surface area contributed by atoms with Crippen molar-refractivity contribution >= 4 is 0 Å². The SMILES string of the molecule is COc1ccccc1[C@@H](C)NC1CCCNC1. The average Bonchev–Trinajstić information content (AvgIpc) is 2.40. The molecule has 0 radical (unpaired) electrons. The molecule has 1 saturated heterocycles. The second-order valence-corrected chi connectivity index (χ2v) is 4.67. The Hall–Kier alpha value is -1.06. The molecular weight excluding hydrogens is 212 g/mol. The molecule has 1 unspecified atom stereocenters. The fourth-order valence-electron chi connectivity index (χ4n) is 2.46. The summed E-state index contributed by atoms with van der Waals surface area (Å²) in [6, 6.07) is 9.13. The third kappa shape index (κ3) is 3.20. The number of rotatable bonds is 4. The van der Waals surface area contributed by atoms with Crippen molar-refractivity contribution in [3.8, 4) is 5.75 Å². The molecule has 1 aliphatic heterocycles. The number of hydrogen-bond donors (Lipinski definition) is 2. The molecule has 2 N–H and O–H groups in total. The van der Waals surface area contributed by atoms with Gasteiger partial charge in [-0.2, -0.15) is 0 Å². The van der Waals surface area contributed by atoms with Gasteiger partial charge in [0.15, 0.2) is 0 Å². The third-order valence-corrected chi connectivity index (χ3v) is 3.39. The van der Waals surface area contributed by atoms with E-state index < -0.39 is 0 Å². The molecule has 1 aliphatic rings. The van der Waals surface area contributed by atoms with E-state index in [9.17, 15) is 0 Å². The summed E-state index contributed by atoms with van der Waals surface area (Å²) >= 11 is 0. The van der Waals surface area contributed by atoms with Crippen molar-refractivity contribution in [3.63, 3.8) is 0 Å². The first-order valence-corrected chi connectivity index (χ1v) is 6.41. The normalized spacial score (nSPS) is 22.1. The Morgan fingerprint density at radius 1 is 1.41 bits per heavy atom. The lowest BCUT2D eigenvalue weighted by Crippen LogP contribution is -2.43. The van der Waals surface area contributed by atoms with Crippen molar-refractivity contribution in [2.45, 2.75) is 31.8 Å². The standard InChI is InChI=1S/C14H22N2O/c1-11(16-12-6-5-9-15-10-12)13-7-3-4-8-14(13)17-2/h3-4,7-8,11-12,15-16H,5-6,9-10H2,1-2H3/t11-,12?/m1/s1. The van der Waals surface area contributed by atoms with Crippen molar-refractivity contribution in [2.75, 3.05) is 20.2 Å². The van der Waals surface area contributed by atoms with Crippen LogP contribution >= 0.6 is 0 Å². The Morgan fingerprint density at radius 2 is 2.24 bits per heavy atom. The number of nitrogens with one attached hydrogen (secondary N) is 2. The van der Waals surface area contributed by atoms with Gasteiger partial charge in [0, 0.05) is 24.2 Å². The highest BCUT2D eigenvalue weighted by atomic mass is 16.5. The first-order chi connectivity index (χ1) is 8.31. The Bertz CT molecular complexity index is 348. The van der Waals surface area contributed by atoms with Crippen LogP contribution in [0.5, 0.6) is 5.75 Å². The maximum atomic E-state index is 5.40. The second-order valence-electron chi connectivity index (χ2n) is 4.67. The van der Waals surface area contributed by atoms with Crippen LogP contribution in [0, 0.1) is 0 Å². The van der Waals surface area contributed by atoms with E-state index in [1.54, 1.807) is 7.11 Å². The minimum Gasteiger partial charge on any atom is -0.496 e. The van der Waals surface area contributed by atoms with E-state index in [1.807, 2.05) is 12.1 Å². The quantitative estimate of drug-likeness (QED) is 0.837. The van der Waals surface area contributed by atoms with E-state index in [4.69, 9.17) is 4.74 Å². The smallest absolute Gasteiger partial charge is 0.123 e. The summed E-state index contributed by atoms with van der Waals surface area (Å²) in [4.78, 5) is 0. The highest BCUT2D eigenvalue weighted by Crippen LogP contribution is 2.25. The number of methoxy groups -OCH3 is 1. The van der Waals surface area contributed by atoms with Gasteiger partial charge in [-0.1, -0.05) is 18.2 Å². The Kier molecular flexibility index (Phi) is 4.40. The van der Waals surface area contributed by atoms with Crippen LogP contribution in [0.25, 0.3) is 0 Å². The molecule has 0 bridgehead atoms. The lowest BCUT2D eigenvalue weighted by atomic mass is 10.0. The highest BCUT2D eigenvalue weighted by molar-refractivity contribution is 5.35. The molecule has 2 atom stereocenters. The summed E-state index contributed by atoms with van der Waals surface area (Å²) < 4.78 is 5.40. The molecule has 0 amide bonds. The molecule has 1 heterocycles. The summed E-state index contributed by atoms with van der Waals surface area (Å²) in [5, 5.41) is 7.09. The van der Waals surface area contributed by atoms with E-state index in [0.29, 0.717) is 12.1 Å². The molecular formula is C14H22N2O. The topological polar surface area (TPSA) is 33.3 Å². The monoisotopic (exact) mass is 234 g/mol. The third-order valence-electron chi connectivity index (χ3n) is 3.39. The number of ether oxygens (including phenoxy) is 1. The first kappa shape index (κ1) is 12.4. The van der Waals surface area contributed by atoms with E-state index in [0.717, 1.165) is 18.8 Å². The van der Waals surface area contributed by atoms with Crippen LogP contribution in [0.3, 0.4) is 0 Å². The number of benzene rings is 1. The predicted octanol–water partition coefficient (Wildman–Crippen LogP) is 2.10. The van der Waals surface area contributed by atoms with Crippen molar-refractivity contribution in [1.29, 1.82) is 0 Å². The fraction of sp³-hybridized carbons (Fsp3) is 0.571. The van der Waals surface area contributed by atoms with Gasteiger partial charge < -0.3 is 15.4 Å². The van der Waals surface area contributed by atoms with Gasteiger partial charge in [-0.3, -0.25) is 0 Å². The molecule has 94 valence electrons.